The highest BCUT2D eigenvalue weighted by atomic mass is 16.5. The molecule has 0 saturated heterocycles. The molecule has 1 rings (SSSR count). The minimum Gasteiger partial charge on any atom is -0.482 e. The first-order valence-corrected chi connectivity index (χ1v) is 4.21. The Labute approximate surface area is 68.6 Å². The molecule has 0 spiro atoms. The molecule has 0 saturated carbocycles. The molecule has 0 aromatic heterocycles. The summed E-state index contributed by atoms with van der Waals surface area (Å²) < 4.78 is 4.65. The van der Waals surface area contributed by atoms with Gasteiger partial charge < -0.3 is 10.5 Å². The Bertz CT molecular complexity index is 84.1. The van der Waals surface area contributed by atoms with Crippen molar-refractivity contribution in [2.45, 2.75) is 26.2 Å². The largest absolute Gasteiger partial charge is 0.482 e. The lowest BCUT2D eigenvalue weighted by Gasteiger charge is -1.86. The SMILES string of the molecule is C1=NCCO1.CCCCCN. The number of rotatable bonds is 3. The van der Waals surface area contributed by atoms with E-state index in [4.69, 9.17) is 5.73 Å². The summed E-state index contributed by atoms with van der Waals surface area (Å²) in [6, 6.07) is 0. The van der Waals surface area contributed by atoms with Crippen LogP contribution in [0.15, 0.2) is 4.99 Å². The molecule has 1 aliphatic rings. The van der Waals surface area contributed by atoms with Gasteiger partial charge in [0.2, 0.25) is 0 Å². The summed E-state index contributed by atoms with van der Waals surface area (Å²) in [5, 5.41) is 0. The zero-order chi connectivity index (χ0) is 8.36. The second-order valence-corrected chi connectivity index (χ2v) is 2.38. The third kappa shape index (κ3) is 9.43. The van der Waals surface area contributed by atoms with E-state index in [9.17, 15) is 0 Å². The highest BCUT2D eigenvalue weighted by Crippen LogP contribution is 1.88. The third-order valence-corrected chi connectivity index (χ3v) is 1.29. The van der Waals surface area contributed by atoms with Crippen LogP contribution in [0.25, 0.3) is 0 Å². The predicted octanol–water partition coefficient (Wildman–Crippen LogP) is 1.18. The maximum atomic E-state index is 5.21. The minimum absolute atomic E-state index is 0.778. The van der Waals surface area contributed by atoms with Crippen molar-refractivity contribution >= 4 is 6.40 Å². The van der Waals surface area contributed by atoms with E-state index in [-0.39, 0.29) is 0 Å². The minimum atomic E-state index is 0.778. The van der Waals surface area contributed by atoms with Gasteiger partial charge in [-0.1, -0.05) is 19.8 Å². The van der Waals surface area contributed by atoms with Crippen molar-refractivity contribution in [3.63, 3.8) is 0 Å². The molecule has 3 nitrogen and oxygen atoms in total. The molecule has 2 N–H and O–H groups in total. The summed E-state index contributed by atoms with van der Waals surface area (Å²) >= 11 is 0. The fourth-order valence-corrected chi connectivity index (χ4v) is 0.658. The lowest BCUT2D eigenvalue weighted by Crippen LogP contribution is -1.96. The Hall–Kier alpha value is -0.570. The molecule has 0 unspecified atom stereocenters. The number of nitrogens with two attached hydrogens (primary N) is 1. The van der Waals surface area contributed by atoms with Crippen molar-refractivity contribution in [1.82, 2.24) is 0 Å². The van der Waals surface area contributed by atoms with Crippen LogP contribution in [0.4, 0.5) is 0 Å². The van der Waals surface area contributed by atoms with Crippen molar-refractivity contribution < 1.29 is 4.74 Å². The Morgan fingerprint density at radius 3 is 2.55 bits per heavy atom. The fourth-order valence-electron chi connectivity index (χ4n) is 0.658. The van der Waals surface area contributed by atoms with Crippen LogP contribution >= 0.6 is 0 Å². The zero-order valence-electron chi connectivity index (χ0n) is 7.25. The number of ether oxygens (including phenoxy) is 1. The molecule has 0 aromatic carbocycles. The van der Waals surface area contributed by atoms with Gasteiger partial charge in [0.05, 0.1) is 6.54 Å². The van der Waals surface area contributed by atoms with E-state index in [1.54, 1.807) is 0 Å². The molecular weight excluding hydrogens is 140 g/mol. The van der Waals surface area contributed by atoms with Gasteiger partial charge in [0.1, 0.15) is 6.61 Å². The number of nitrogens with zero attached hydrogens (tertiary/aromatic N) is 1. The summed E-state index contributed by atoms with van der Waals surface area (Å²) in [6.07, 6.45) is 5.24. The molecule has 11 heavy (non-hydrogen) atoms. The van der Waals surface area contributed by atoms with Crippen LogP contribution in [-0.4, -0.2) is 26.1 Å². The Morgan fingerprint density at radius 2 is 2.36 bits per heavy atom. The summed E-state index contributed by atoms with van der Waals surface area (Å²) in [7, 11) is 0. The van der Waals surface area contributed by atoms with Gasteiger partial charge in [0, 0.05) is 0 Å². The quantitative estimate of drug-likeness (QED) is 0.627. The van der Waals surface area contributed by atoms with Gasteiger partial charge in [0.25, 0.3) is 0 Å². The smallest absolute Gasteiger partial charge is 0.169 e. The van der Waals surface area contributed by atoms with Gasteiger partial charge in [-0.25, -0.2) is 0 Å². The molecule has 0 amide bonds. The second-order valence-electron chi connectivity index (χ2n) is 2.38. The zero-order valence-corrected chi connectivity index (χ0v) is 7.25. The Balaban J connectivity index is 0.000000183. The van der Waals surface area contributed by atoms with E-state index in [0.29, 0.717) is 0 Å². The van der Waals surface area contributed by atoms with Crippen molar-refractivity contribution in [3.8, 4) is 0 Å². The van der Waals surface area contributed by atoms with Crippen LogP contribution in [0.1, 0.15) is 26.2 Å². The van der Waals surface area contributed by atoms with Crippen molar-refractivity contribution in [2.24, 2.45) is 10.7 Å². The van der Waals surface area contributed by atoms with Gasteiger partial charge >= 0.3 is 0 Å². The topological polar surface area (TPSA) is 47.6 Å². The summed E-state index contributed by atoms with van der Waals surface area (Å²) in [4.78, 5) is 3.74. The van der Waals surface area contributed by atoms with Crippen molar-refractivity contribution in [2.75, 3.05) is 19.7 Å². The normalized spacial score (nSPS) is 13.6. The van der Waals surface area contributed by atoms with E-state index in [2.05, 4.69) is 16.7 Å². The maximum Gasteiger partial charge on any atom is 0.169 e. The summed E-state index contributed by atoms with van der Waals surface area (Å²) in [5.74, 6) is 0. The average Bonchev–Trinajstić information content (AvgIpc) is 2.57. The number of hydrogen-bond acceptors (Lipinski definition) is 3. The van der Waals surface area contributed by atoms with E-state index < -0.39 is 0 Å². The van der Waals surface area contributed by atoms with Crippen LogP contribution < -0.4 is 5.73 Å². The van der Waals surface area contributed by atoms with Crippen LogP contribution in [0.2, 0.25) is 0 Å². The molecule has 0 atom stereocenters. The second kappa shape index (κ2) is 9.43. The van der Waals surface area contributed by atoms with E-state index >= 15 is 0 Å². The summed E-state index contributed by atoms with van der Waals surface area (Å²) in [5.41, 5.74) is 5.21. The predicted molar refractivity (Wildman–Crippen MR) is 47.9 cm³/mol. The third-order valence-electron chi connectivity index (χ3n) is 1.29. The number of hydrogen-bond donors (Lipinski definition) is 1. The molecule has 0 radical (unpaired) electrons. The van der Waals surface area contributed by atoms with Crippen LogP contribution in [0.3, 0.4) is 0 Å². The molecule has 0 aromatic rings. The lowest BCUT2D eigenvalue weighted by molar-refractivity contribution is 0.361. The van der Waals surface area contributed by atoms with Gasteiger partial charge in [-0.15, -0.1) is 0 Å². The van der Waals surface area contributed by atoms with Crippen molar-refractivity contribution in [3.05, 3.63) is 0 Å². The molecule has 66 valence electrons. The fraction of sp³-hybridized carbons (Fsp3) is 0.875. The maximum absolute atomic E-state index is 5.21. The first-order valence-electron chi connectivity index (χ1n) is 4.21. The lowest BCUT2D eigenvalue weighted by atomic mass is 10.3. The number of aliphatic imine (C=N–C) groups is 1. The van der Waals surface area contributed by atoms with Gasteiger partial charge in [-0.3, -0.25) is 4.99 Å². The molecule has 0 aliphatic carbocycles. The average molecular weight is 158 g/mol. The molecular formula is C8H18N2O. The molecule has 0 fully saturated rings. The van der Waals surface area contributed by atoms with Gasteiger partial charge in [-0.2, -0.15) is 0 Å². The molecule has 3 heteroatoms. The van der Waals surface area contributed by atoms with Crippen LogP contribution in [0.5, 0.6) is 0 Å². The van der Waals surface area contributed by atoms with Gasteiger partial charge in [-0.05, 0) is 13.0 Å². The highest BCUT2D eigenvalue weighted by Gasteiger charge is 1.84. The molecule has 0 bridgehead atoms. The Morgan fingerprint density at radius 1 is 1.55 bits per heavy atom. The van der Waals surface area contributed by atoms with E-state index in [1.165, 1.54) is 25.7 Å². The standard InChI is InChI=1S/C5H13N.C3H5NO/c1-2-3-4-5-6;1-2-5-3-4-1/h2-6H2,1H3;3H,1-2H2. The monoisotopic (exact) mass is 158 g/mol. The number of unbranched alkanes of at least 4 members (excludes halogenated alkanes) is 2. The van der Waals surface area contributed by atoms with Gasteiger partial charge in [0.15, 0.2) is 6.40 Å². The van der Waals surface area contributed by atoms with Crippen LogP contribution in [0, 0.1) is 0 Å². The first kappa shape index (κ1) is 10.4. The molecule has 1 heterocycles. The highest BCUT2D eigenvalue weighted by molar-refractivity contribution is 5.47. The van der Waals surface area contributed by atoms with E-state index in [1.807, 2.05) is 0 Å². The van der Waals surface area contributed by atoms with E-state index in [0.717, 1.165) is 19.7 Å². The summed E-state index contributed by atoms with van der Waals surface area (Å²) in [6.45, 7) is 4.66. The molecule has 1 aliphatic heterocycles. The van der Waals surface area contributed by atoms with Crippen molar-refractivity contribution in [1.29, 1.82) is 0 Å². The Kier molecular flexibility index (Phi) is 8.94. The first-order chi connectivity index (χ1) is 5.41. The van der Waals surface area contributed by atoms with Crippen LogP contribution in [-0.2, 0) is 4.74 Å².